The summed E-state index contributed by atoms with van der Waals surface area (Å²) in [5, 5.41) is 36.6. The Balaban J connectivity index is 0.000000215. The van der Waals surface area contributed by atoms with Crippen LogP contribution in [0.25, 0.3) is 10.9 Å². The molecule has 0 spiro atoms. The number of aromatic nitrogens is 6. The number of urea groups is 1. The zero-order chi connectivity index (χ0) is 70.6. The van der Waals surface area contributed by atoms with E-state index in [2.05, 4.69) is 83.5 Å². The first kappa shape index (κ1) is 74.5. The van der Waals surface area contributed by atoms with Crippen molar-refractivity contribution in [3.05, 3.63) is 197 Å². The summed E-state index contributed by atoms with van der Waals surface area (Å²) in [5.74, 6) is 0.561. The summed E-state index contributed by atoms with van der Waals surface area (Å²) < 4.78 is 37.5. The zero-order valence-corrected chi connectivity index (χ0v) is 58.8. The van der Waals surface area contributed by atoms with Crippen molar-refractivity contribution in [1.29, 1.82) is 0 Å². The summed E-state index contributed by atoms with van der Waals surface area (Å²) in [6.45, 7) is 16.5. The Morgan fingerprint density at radius 1 is 0.857 bits per heavy atom. The molecule has 6 atom stereocenters. The maximum Gasteiger partial charge on any atom is 0.407 e. The predicted molar refractivity (Wildman–Crippen MR) is 381 cm³/mol. The molecule has 9 N–H and O–H groups in total. The van der Waals surface area contributed by atoms with Crippen LogP contribution in [0.2, 0.25) is 0 Å². The number of benzene rings is 3. The summed E-state index contributed by atoms with van der Waals surface area (Å²) in [7, 11) is -1.68. The van der Waals surface area contributed by atoms with Gasteiger partial charge in [-0.05, 0) is 99.6 Å². The van der Waals surface area contributed by atoms with Crippen molar-refractivity contribution in [1.82, 2.24) is 55.2 Å². The van der Waals surface area contributed by atoms with E-state index in [0.29, 0.717) is 74.5 Å². The summed E-state index contributed by atoms with van der Waals surface area (Å²) in [4.78, 5) is 101. The van der Waals surface area contributed by atoms with Gasteiger partial charge in [-0.3, -0.25) is 33.6 Å². The lowest BCUT2D eigenvalue weighted by Gasteiger charge is -2.36. The van der Waals surface area contributed by atoms with Crippen molar-refractivity contribution >= 4 is 84.7 Å². The number of aryl methyl sites for hydroxylation is 1. The van der Waals surface area contributed by atoms with Gasteiger partial charge in [0.15, 0.2) is 12.0 Å². The average molecular weight is 1400 g/mol. The maximum atomic E-state index is 13.9. The summed E-state index contributed by atoms with van der Waals surface area (Å²) >= 11 is 2.95. The maximum absolute atomic E-state index is 13.9. The van der Waals surface area contributed by atoms with Gasteiger partial charge in [-0.15, -0.1) is 22.7 Å². The number of fused-ring (bicyclic) bond motifs is 1. The lowest BCUT2D eigenvalue weighted by Crippen LogP contribution is -2.55. The SMILES string of the molecule is CC(C)Nc1cccnc1N1CCN(C(=O)c2cc3cc(NS(C)(=O)=O)ccc3[nH]2)CC1.CC(C)c1nc(CN(C)C(=O)N[C@H](C(=O)N[C@@H](Cc2ccccc2)C[C@H](O)[C@H](Cc2ccccc2)NC(=O)OCc2cncs2)C(C)C)cs1.Cc1cn([C@H]2C=C[C@@H](CO)O2)c(=O)[nH]c1=O. The van der Waals surface area contributed by atoms with Crippen LogP contribution in [-0.2, 0) is 50.3 Å². The van der Waals surface area contributed by atoms with Gasteiger partial charge in [-0.1, -0.05) is 94.4 Å². The first-order chi connectivity index (χ1) is 46.8. The second kappa shape index (κ2) is 35.3. The number of sulfonamides is 1. The molecule has 10 rings (SSSR count). The first-order valence-corrected chi connectivity index (χ1v) is 35.9. The summed E-state index contributed by atoms with van der Waals surface area (Å²) in [6.07, 6.45) is 7.55. The Labute approximate surface area is 578 Å². The highest BCUT2D eigenvalue weighted by Gasteiger charge is 2.32. The first-order valence-electron chi connectivity index (χ1n) is 32.2. The smallest absolute Gasteiger partial charge is 0.407 e. The molecule has 26 nitrogen and oxygen atoms in total. The second-order valence-electron chi connectivity index (χ2n) is 25.0. The van der Waals surface area contributed by atoms with E-state index < -0.39 is 63.9 Å². The monoisotopic (exact) mass is 1400 g/mol. The lowest BCUT2D eigenvalue weighted by molar-refractivity contribution is -0.124. The van der Waals surface area contributed by atoms with Gasteiger partial charge in [0.1, 0.15) is 24.4 Å². The number of piperazine rings is 1. The Kier molecular flexibility index (Phi) is 26.9. The normalized spacial score (nSPS) is 15.7. The number of alkyl carbamates (subject to hydrolysis) is 1. The molecule has 2 aliphatic rings. The fraction of sp³-hybridized carbons (Fsp3) is 0.406. The van der Waals surface area contributed by atoms with E-state index in [4.69, 9.17) is 14.6 Å². The number of nitrogens with zero attached hydrogens (tertiary/aromatic N) is 7. The van der Waals surface area contributed by atoms with Gasteiger partial charge in [0.2, 0.25) is 15.9 Å². The number of carbonyl (C=O) groups is 4. The second-order valence-corrected chi connectivity index (χ2v) is 28.6. The highest BCUT2D eigenvalue weighted by atomic mass is 32.2. The third-order valence-electron chi connectivity index (χ3n) is 15.8. The van der Waals surface area contributed by atoms with Crippen LogP contribution >= 0.6 is 22.7 Å². The van der Waals surface area contributed by atoms with E-state index >= 15 is 0 Å². The number of rotatable bonds is 25. The lowest BCUT2D eigenvalue weighted by atomic mass is 9.93. The Morgan fingerprint density at radius 2 is 1.56 bits per heavy atom. The van der Waals surface area contributed by atoms with Gasteiger partial charge < -0.3 is 60.6 Å². The van der Waals surface area contributed by atoms with Gasteiger partial charge in [-0.25, -0.2) is 32.8 Å². The van der Waals surface area contributed by atoms with Gasteiger partial charge in [0.05, 0.1) is 58.3 Å². The minimum absolute atomic E-state index is 0.0671. The van der Waals surface area contributed by atoms with Crippen LogP contribution in [0.5, 0.6) is 0 Å². The van der Waals surface area contributed by atoms with Crippen molar-refractivity contribution < 1.29 is 47.3 Å². The topological polar surface area (TPSA) is 341 Å². The van der Waals surface area contributed by atoms with Crippen LogP contribution in [0, 0.1) is 12.8 Å². The number of ether oxygens (including phenoxy) is 2. The third-order valence-corrected chi connectivity index (χ3v) is 18.3. The average Bonchev–Trinajstić information content (AvgIpc) is 1.61. The molecule has 98 heavy (non-hydrogen) atoms. The van der Waals surface area contributed by atoms with Crippen molar-refractivity contribution in [3.8, 4) is 0 Å². The van der Waals surface area contributed by atoms with Crippen molar-refractivity contribution in [2.75, 3.05) is 61.0 Å². The molecule has 2 aliphatic heterocycles. The number of aromatic amines is 2. The molecule has 5 aromatic heterocycles. The highest BCUT2D eigenvalue weighted by Crippen LogP contribution is 2.27. The molecule has 0 radical (unpaired) electrons. The van der Waals surface area contributed by atoms with Gasteiger partial charge in [0.25, 0.3) is 11.5 Å². The number of nitrogens with one attached hydrogen (secondary N) is 7. The molecular weight excluding hydrogens is 1310 g/mol. The van der Waals surface area contributed by atoms with E-state index in [1.807, 2.05) is 96.9 Å². The van der Waals surface area contributed by atoms with Crippen LogP contribution < -0.4 is 42.1 Å². The van der Waals surface area contributed by atoms with Gasteiger partial charge >= 0.3 is 17.8 Å². The minimum atomic E-state index is -3.36. The number of hydrogen-bond acceptors (Lipinski definition) is 19. The van der Waals surface area contributed by atoms with E-state index in [0.717, 1.165) is 55.4 Å². The molecule has 0 aliphatic carbocycles. The van der Waals surface area contributed by atoms with Crippen LogP contribution in [0.1, 0.15) is 103 Å². The third kappa shape index (κ3) is 22.1. The summed E-state index contributed by atoms with van der Waals surface area (Å²) in [6, 6.07) is 27.9. The fourth-order valence-corrected chi connectivity index (χ4v) is 12.7. The van der Waals surface area contributed by atoms with E-state index in [1.165, 1.54) is 27.0 Å². The highest BCUT2D eigenvalue weighted by molar-refractivity contribution is 7.92. The van der Waals surface area contributed by atoms with Gasteiger partial charge in [-0.2, -0.15) is 0 Å². The van der Waals surface area contributed by atoms with Crippen molar-refractivity contribution in [3.63, 3.8) is 0 Å². The van der Waals surface area contributed by atoms with Crippen LogP contribution in [0.15, 0.2) is 148 Å². The number of H-pyrrole nitrogens is 2. The van der Waals surface area contributed by atoms with Crippen molar-refractivity contribution in [2.24, 2.45) is 5.92 Å². The van der Waals surface area contributed by atoms with Crippen LogP contribution in [-0.4, -0.2) is 164 Å². The number of anilines is 3. The molecular formula is C69H88N14O12S3. The number of hydrogen-bond donors (Lipinski definition) is 9. The van der Waals surface area contributed by atoms with E-state index in [9.17, 15) is 42.3 Å². The number of aliphatic hydroxyl groups is 2. The molecule has 29 heteroatoms. The fourth-order valence-electron chi connectivity index (χ4n) is 10.8. The van der Waals surface area contributed by atoms with Crippen LogP contribution in [0.4, 0.5) is 26.8 Å². The number of pyridine rings is 1. The molecule has 0 unspecified atom stereocenters. The number of carbonyl (C=O) groups excluding carboxylic acids is 4. The number of amides is 5. The Bertz CT molecular complexity index is 4180. The molecule has 8 aromatic rings. The summed E-state index contributed by atoms with van der Waals surface area (Å²) in [5.41, 5.74) is 6.60. The quantitative estimate of drug-likeness (QED) is 0.0245. The molecule has 524 valence electrons. The molecule has 7 heterocycles. The van der Waals surface area contributed by atoms with Crippen molar-refractivity contribution in [2.45, 2.75) is 129 Å². The minimum Gasteiger partial charge on any atom is -0.444 e. The molecule has 5 amide bonds. The van der Waals surface area contributed by atoms with E-state index in [-0.39, 0.29) is 43.4 Å². The molecule has 0 bridgehead atoms. The van der Waals surface area contributed by atoms with E-state index in [1.54, 1.807) is 79.6 Å². The zero-order valence-electron chi connectivity index (χ0n) is 56.4. The Morgan fingerprint density at radius 3 is 2.18 bits per heavy atom. The molecule has 1 saturated heterocycles. The largest absolute Gasteiger partial charge is 0.444 e. The number of aliphatic hydroxyl groups excluding tert-OH is 2. The molecule has 0 saturated carbocycles. The van der Waals surface area contributed by atoms with Crippen LogP contribution in [0.3, 0.4) is 0 Å². The standard InChI is InChI=1S/C37H48N6O5S2.C22H28N6O3S.C10H12N2O4/c1-24(2)33(42-36(46)43(5)20-29-22-49-35(40-29)25(3)4)34(45)39-28(16-26-12-8-6-9-13-26)18-32(44)31(17-27-14-10-7-11-15-27)41-37(47)48-21-30-19-38-23-50-30;1-15(2)24-19-5-4-8-23-21(19)27-9-11-28(12-10-27)22(29)20-14-16-13-17(26-32(3,30)31)6-7-18(16)25-20;1-6-4-12(10(15)11-9(6)14)8-3-2-7(5-13)16-8/h6-15,19,22-25,28,31-33,44H,16-18,20-21H2,1-5H3,(H,39,45)(H,41,47)(H,42,46);4-8,13-15,24-26H,9-12H2,1-3H3;2-4,7-8,13H,5H2,1H3,(H,11,14,15)/t28-,31-,32-,33-;;7-,8+/m0.0/s1. The van der Waals surface area contributed by atoms with Gasteiger partial charge in [0, 0.05) is 97.4 Å². The molecule has 1 fully saturated rings. The number of thiazole rings is 2. The predicted octanol–water partition coefficient (Wildman–Crippen LogP) is 7.91. The Hall–Kier alpha value is -9.26. The molecule has 3 aromatic carbocycles.